The Hall–Kier alpha value is -1.71. The van der Waals surface area contributed by atoms with Crippen molar-refractivity contribution in [3.8, 4) is 0 Å². The topological polar surface area (TPSA) is 55.6 Å². The number of nitrogens with two attached hydrogens (primary N) is 1. The lowest BCUT2D eigenvalue weighted by Gasteiger charge is -2.38. The first-order valence-electron chi connectivity index (χ1n) is 9.82. The maximum Gasteiger partial charge on any atom is 0.306 e. The Morgan fingerprint density at radius 2 is 2.00 bits per heavy atom. The van der Waals surface area contributed by atoms with Gasteiger partial charge >= 0.3 is 5.97 Å². The predicted molar refractivity (Wildman–Crippen MR) is 105 cm³/mol. The molecule has 0 radical (unpaired) electrons. The van der Waals surface area contributed by atoms with Crippen molar-refractivity contribution < 1.29 is 9.53 Å². The number of aryl methyl sites for hydroxylation is 1. The SMILES string of the molecule is CCOC(=O)CCc1ccc(N(CC(C)C)C2CCCCC2)c(N)c1. The number of nitrogen functional groups attached to an aromatic ring is 1. The zero-order valence-electron chi connectivity index (χ0n) is 16.1. The summed E-state index contributed by atoms with van der Waals surface area (Å²) in [6.45, 7) is 7.83. The van der Waals surface area contributed by atoms with Crippen LogP contribution in [0.3, 0.4) is 0 Å². The highest BCUT2D eigenvalue weighted by Crippen LogP contribution is 2.32. The second-order valence-electron chi connectivity index (χ2n) is 7.54. The molecule has 25 heavy (non-hydrogen) atoms. The largest absolute Gasteiger partial charge is 0.466 e. The third-order valence-corrected chi connectivity index (χ3v) is 4.90. The van der Waals surface area contributed by atoms with Crippen molar-refractivity contribution >= 4 is 17.3 Å². The highest BCUT2D eigenvalue weighted by Gasteiger charge is 2.23. The quantitative estimate of drug-likeness (QED) is 0.554. The Morgan fingerprint density at radius 3 is 2.60 bits per heavy atom. The van der Waals surface area contributed by atoms with Crippen molar-refractivity contribution in [2.45, 2.75) is 71.8 Å². The molecule has 4 heteroatoms. The van der Waals surface area contributed by atoms with E-state index in [1.54, 1.807) is 0 Å². The van der Waals surface area contributed by atoms with Crippen molar-refractivity contribution in [1.29, 1.82) is 0 Å². The zero-order valence-corrected chi connectivity index (χ0v) is 16.1. The molecule has 1 fully saturated rings. The lowest BCUT2D eigenvalue weighted by atomic mass is 9.92. The van der Waals surface area contributed by atoms with Gasteiger partial charge in [-0.05, 0) is 49.8 Å². The van der Waals surface area contributed by atoms with Crippen LogP contribution >= 0.6 is 0 Å². The van der Waals surface area contributed by atoms with Gasteiger partial charge < -0.3 is 15.4 Å². The number of carbonyl (C=O) groups excluding carboxylic acids is 1. The van der Waals surface area contributed by atoms with E-state index in [-0.39, 0.29) is 5.97 Å². The van der Waals surface area contributed by atoms with Crippen LogP contribution < -0.4 is 10.6 Å². The Morgan fingerprint density at radius 1 is 1.28 bits per heavy atom. The van der Waals surface area contributed by atoms with Crippen LogP contribution in [-0.4, -0.2) is 25.2 Å². The van der Waals surface area contributed by atoms with Gasteiger partial charge in [0.2, 0.25) is 0 Å². The van der Waals surface area contributed by atoms with E-state index in [1.807, 2.05) is 13.0 Å². The fraction of sp³-hybridized carbons (Fsp3) is 0.667. The van der Waals surface area contributed by atoms with Crippen molar-refractivity contribution in [2.24, 2.45) is 5.92 Å². The van der Waals surface area contributed by atoms with Gasteiger partial charge in [-0.1, -0.05) is 39.2 Å². The normalized spacial score (nSPS) is 15.4. The highest BCUT2D eigenvalue weighted by atomic mass is 16.5. The van der Waals surface area contributed by atoms with Gasteiger partial charge in [0.1, 0.15) is 0 Å². The molecular weight excluding hydrogens is 312 g/mol. The molecule has 140 valence electrons. The van der Waals surface area contributed by atoms with Crippen LogP contribution in [0.2, 0.25) is 0 Å². The molecule has 0 atom stereocenters. The number of carbonyl (C=O) groups is 1. The van der Waals surface area contributed by atoms with Crippen LogP contribution in [-0.2, 0) is 16.0 Å². The maximum absolute atomic E-state index is 11.5. The van der Waals surface area contributed by atoms with E-state index in [4.69, 9.17) is 10.5 Å². The van der Waals surface area contributed by atoms with Crippen LogP contribution in [0.1, 0.15) is 64.9 Å². The first-order valence-corrected chi connectivity index (χ1v) is 9.82. The van der Waals surface area contributed by atoms with E-state index in [1.165, 1.54) is 32.1 Å². The predicted octanol–water partition coefficient (Wildman–Crippen LogP) is 4.56. The molecule has 0 spiro atoms. The summed E-state index contributed by atoms with van der Waals surface area (Å²) in [5.41, 5.74) is 9.49. The van der Waals surface area contributed by atoms with Gasteiger partial charge in [0.05, 0.1) is 18.0 Å². The third-order valence-electron chi connectivity index (χ3n) is 4.90. The summed E-state index contributed by atoms with van der Waals surface area (Å²) < 4.78 is 5.00. The fourth-order valence-electron chi connectivity index (χ4n) is 3.73. The second-order valence-corrected chi connectivity index (χ2v) is 7.54. The van der Waals surface area contributed by atoms with Crippen LogP contribution in [0.4, 0.5) is 11.4 Å². The Labute approximate surface area is 152 Å². The van der Waals surface area contributed by atoms with Crippen LogP contribution in [0.15, 0.2) is 18.2 Å². The van der Waals surface area contributed by atoms with E-state index in [9.17, 15) is 4.79 Å². The Balaban J connectivity index is 2.10. The number of rotatable bonds is 8. The van der Waals surface area contributed by atoms with Gasteiger partial charge in [0, 0.05) is 19.0 Å². The van der Waals surface area contributed by atoms with E-state index >= 15 is 0 Å². The summed E-state index contributed by atoms with van der Waals surface area (Å²) in [5, 5.41) is 0. The Bertz CT molecular complexity index is 551. The number of hydrogen-bond donors (Lipinski definition) is 1. The summed E-state index contributed by atoms with van der Waals surface area (Å²) in [4.78, 5) is 14.1. The molecule has 4 nitrogen and oxygen atoms in total. The summed E-state index contributed by atoms with van der Waals surface area (Å²) in [5.74, 6) is 0.457. The van der Waals surface area contributed by atoms with Crippen molar-refractivity contribution in [2.75, 3.05) is 23.8 Å². The second kappa shape index (κ2) is 9.69. The number of nitrogens with zero attached hydrogens (tertiary/aromatic N) is 1. The van der Waals surface area contributed by atoms with Gasteiger partial charge in [-0.25, -0.2) is 0 Å². The number of anilines is 2. The average molecular weight is 347 g/mol. The van der Waals surface area contributed by atoms with Gasteiger partial charge in [-0.3, -0.25) is 4.79 Å². The van der Waals surface area contributed by atoms with Gasteiger partial charge in [0.15, 0.2) is 0 Å². The maximum atomic E-state index is 11.5. The van der Waals surface area contributed by atoms with Crippen LogP contribution in [0.25, 0.3) is 0 Å². The minimum Gasteiger partial charge on any atom is -0.466 e. The minimum atomic E-state index is -0.145. The third kappa shape index (κ3) is 5.94. The minimum absolute atomic E-state index is 0.145. The number of ether oxygens (including phenoxy) is 1. The van der Waals surface area contributed by atoms with Crippen LogP contribution in [0, 0.1) is 5.92 Å². The average Bonchev–Trinajstić information content (AvgIpc) is 2.59. The van der Waals surface area contributed by atoms with E-state index < -0.39 is 0 Å². The smallest absolute Gasteiger partial charge is 0.306 e. The molecule has 1 aromatic rings. The number of esters is 1. The molecule has 0 aliphatic heterocycles. The van der Waals surface area contributed by atoms with Gasteiger partial charge in [0.25, 0.3) is 0 Å². The van der Waals surface area contributed by atoms with Crippen LogP contribution in [0.5, 0.6) is 0 Å². The molecule has 0 saturated heterocycles. The van der Waals surface area contributed by atoms with Crippen molar-refractivity contribution in [3.05, 3.63) is 23.8 Å². The van der Waals surface area contributed by atoms with Gasteiger partial charge in [-0.2, -0.15) is 0 Å². The molecule has 2 N–H and O–H groups in total. The lowest BCUT2D eigenvalue weighted by molar-refractivity contribution is -0.143. The number of benzene rings is 1. The molecule has 0 unspecified atom stereocenters. The summed E-state index contributed by atoms with van der Waals surface area (Å²) in [6.07, 6.45) is 7.59. The van der Waals surface area contributed by atoms with E-state index in [2.05, 4.69) is 30.9 Å². The lowest BCUT2D eigenvalue weighted by Crippen LogP contribution is -2.39. The summed E-state index contributed by atoms with van der Waals surface area (Å²) in [6, 6.07) is 6.89. The molecule has 0 amide bonds. The molecule has 0 aromatic heterocycles. The molecule has 1 aliphatic carbocycles. The number of hydrogen-bond acceptors (Lipinski definition) is 4. The Kier molecular flexibility index (Phi) is 7.60. The summed E-state index contributed by atoms with van der Waals surface area (Å²) in [7, 11) is 0. The molecular formula is C21H34N2O2. The monoisotopic (exact) mass is 346 g/mol. The van der Waals surface area contributed by atoms with E-state index in [0.717, 1.165) is 23.5 Å². The first-order chi connectivity index (χ1) is 12.0. The molecule has 1 aliphatic rings. The zero-order chi connectivity index (χ0) is 18.2. The van der Waals surface area contributed by atoms with E-state index in [0.29, 0.717) is 31.4 Å². The molecule has 0 heterocycles. The fourth-order valence-corrected chi connectivity index (χ4v) is 3.73. The molecule has 0 bridgehead atoms. The highest BCUT2D eigenvalue weighted by molar-refractivity contribution is 5.71. The standard InChI is InChI=1S/C21H34N2O2/c1-4-25-21(24)13-11-17-10-12-20(19(22)14-17)23(15-16(2)3)18-8-6-5-7-9-18/h10,12,14,16,18H,4-9,11,13,15,22H2,1-3H3. The molecule has 2 rings (SSSR count). The first kappa shape index (κ1) is 19.6. The summed E-state index contributed by atoms with van der Waals surface area (Å²) >= 11 is 0. The van der Waals surface area contributed by atoms with Crippen molar-refractivity contribution in [1.82, 2.24) is 0 Å². The molecule has 1 saturated carbocycles. The van der Waals surface area contributed by atoms with Crippen molar-refractivity contribution in [3.63, 3.8) is 0 Å². The van der Waals surface area contributed by atoms with Gasteiger partial charge in [-0.15, -0.1) is 0 Å². The molecule has 1 aromatic carbocycles.